The van der Waals surface area contributed by atoms with Gasteiger partial charge in [-0.2, -0.15) is 8.78 Å². The molecule has 2 N–H and O–H groups in total. The molecule has 156 valence electrons. The number of alkyl halides is 2. The minimum absolute atomic E-state index is 0.0212. The summed E-state index contributed by atoms with van der Waals surface area (Å²) in [5.41, 5.74) is 1.17. The summed E-state index contributed by atoms with van der Waals surface area (Å²) in [4.78, 5) is 39.4. The van der Waals surface area contributed by atoms with Gasteiger partial charge in [-0.05, 0) is 36.6 Å². The molecule has 1 fully saturated rings. The molecule has 3 amide bonds. The number of nitrogens with one attached hydrogen (secondary N) is 2. The van der Waals surface area contributed by atoms with Crippen molar-refractivity contribution in [3.63, 3.8) is 0 Å². The van der Waals surface area contributed by atoms with E-state index in [1.54, 1.807) is 35.2 Å². The first-order valence-electron chi connectivity index (χ1n) is 9.48. The lowest BCUT2D eigenvalue weighted by Crippen LogP contribution is -2.42. The second-order valence-corrected chi connectivity index (χ2v) is 7.07. The zero-order valence-electron chi connectivity index (χ0n) is 15.8. The van der Waals surface area contributed by atoms with Gasteiger partial charge in [0.05, 0.1) is 12.2 Å². The number of benzene rings is 2. The van der Waals surface area contributed by atoms with Gasteiger partial charge in [0.25, 0.3) is 5.91 Å². The average molecular weight is 415 g/mol. The molecule has 1 saturated carbocycles. The summed E-state index contributed by atoms with van der Waals surface area (Å²) in [5.74, 6) is -1.44. The monoisotopic (exact) mass is 415 g/mol. The van der Waals surface area contributed by atoms with Crippen molar-refractivity contribution in [3.8, 4) is 5.75 Å². The topological polar surface area (TPSA) is 87.7 Å². The van der Waals surface area contributed by atoms with Gasteiger partial charge in [-0.3, -0.25) is 14.4 Å². The number of nitrogens with zero attached hydrogens (tertiary/aromatic N) is 1. The predicted molar refractivity (Wildman–Crippen MR) is 103 cm³/mol. The maximum Gasteiger partial charge on any atom is 0.387 e. The Morgan fingerprint density at radius 2 is 1.80 bits per heavy atom. The summed E-state index contributed by atoms with van der Waals surface area (Å²) < 4.78 is 29.4. The van der Waals surface area contributed by atoms with Crippen LogP contribution in [0.2, 0.25) is 0 Å². The second-order valence-electron chi connectivity index (χ2n) is 7.07. The summed E-state index contributed by atoms with van der Waals surface area (Å²) >= 11 is 0. The SMILES string of the molecule is O=C(CNC(=O)C1c2ccccc2C(=O)N1C1CC1)Nc1ccccc1OC(F)F. The van der Waals surface area contributed by atoms with Crippen molar-refractivity contribution >= 4 is 23.4 Å². The van der Waals surface area contributed by atoms with Crippen LogP contribution >= 0.6 is 0 Å². The molecule has 1 heterocycles. The van der Waals surface area contributed by atoms with Crippen molar-refractivity contribution in [1.29, 1.82) is 0 Å². The molecule has 30 heavy (non-hydrogen) atoms. The Bertz CT molecular complexity index is 994. The molecule has 1 atom stereocenters. The van der Waals surface area contributed by atoms with Crippen molar-refractivity contribution in [3.05, 3.63) is 59.7 Å². The third-order valence-electron chi connectivity index (χ3n) is 4.99. The van der Waals surface area contributed by atoms with E-state index in [-0.39, 0.29) is 29.9 Å². The highest BCUT2D eigenvalue weighted by Gasteiger charge is 2.47. The standard InChI is InChI=1S/C21H19F2N3O4/c22-21(23)30-16-8-4-3-7-15(16)25-17(27)11-24-19(28)18-13-5-1-2-6-14(13)20(29)26(18)12-9-10-12/h1-8,12,18,21H,9-11H2,(H,24,28)(H,25,27). The molecule has 2 aromatic rings. The van der Waals surface area contributed by atoms with Crippen LogP contribution in [0.1, 0.15) is 34.8 Å². The molecule has 2 aliphatic rings. The minimum Gasteiger partial charge on any atom is -0.433 e. The number of fused-ring (bicyclic) bond motifs is 1. The highest BCUT2D eigenvalue weighted by molar-refractivity contribution is 6.05. The summed E-state index contributed by atoms with van der Waals surface area (Å²) in [6.45, 7) is -3.41. The summed E-state index contributed by atoms with van der Waals surface area (Å²) in [5, 5.41) is 4.99. The molecule has 1 aliphatic heterocycles. The Morgan fingerprint density at radius 3 is 2.53 bits per heavy atom. The fraction of sp³-hybridized carbons (Fsp3) is 0.286. The van der Waals surface area contributed by atoms with Crippen molar-refractivity contribution in [1.82, 2.24) is 10.2 Å². The van der Waals surface area contributed by atoms with E-state index in [1.807, 2.05) is 0 Å². The minimum atomic E-state index is -3.03. The smallest absolute Gasteiger partial charge is 0.387 e. The number of rotatable bonds is 7. The zero-order chi connectivity index (χ0) is 21.3. The van der Waals surface area contributed by atoms with E-state index in [0.717, 1.165) is 12.8 Å². The lowest BCUT2D eigenvalue weighted by molar-refractivity contribution is -0.127. The number of hydrogen-bond acceptors (Lipinski definition) is 4. The van der Waals surface area contributed by atoms with Gasteiger partial charge in [0.2, 0.25) is 11.8 Å². The van der Waals surface area contributed by atoms with Crippen LogP contribution in [-0.2, 0) is 9.59 Å². The fourth-order valence-corrected chi connectivity index (χ4v) is 3.56. The van der Waals surface area contributed by atoms with Gasteiger partial charge in [-0.15, -0.1) is 0 Å². The molecule has 4 rings (SSSR count). The van der Waals surface area contributed by atoms with Crippen LogP contribution in [0.15, 0.2) is 48.5 Å². The first-order chi connectivity index (χ1) is 14.5. The molecule has 0 bridgehead atoms. The Labute approximate surface area is 171 Å². The Kier molecular flexibility index (Phi) is 5.35. The molecule has 1 aliphatic carbocycles. The predicted octanol–water partition coefficient (Wildman–Crippen LogP) is 2.70. The number of amides is 3. The number of hydrogen-bond donors (Lipinski definition) is 2. The van der Waals surface area contributed by atoms with Gasteiger partial charge in [0.15, 0.2) is 0 Å². The van der Waals surface area contributed by atoms with Crippen molar-refractivity contribution < 1.29 is 27.9 Å². The molecule has 0 radical (unpaired) electrons. The number of ether oxygens (including phenoxy) is 1. The van der Waals surface area contributed by atoms with Gasteiger partial charge in [0, 0.05) is 11.6 Å². The molecule has 9 heteroatoms. The van der Waals surface area contributed by atoms with Gasteiger partial charge in [0.1, 0.15) is 11.8 Å². The number of carbonyl (C=O) groups excluding carboxylic acids is 3. The fourth-order valence-electron chi connectivity index (χ4n) is 3.56. The van der Waals surface area contributed by atoms with E-state index in [9.17, 15) is 23.2 Å². The van der Waals surface area contributed by atoms with Gasteiger partial charge in [-0.1, -0.05) is 30.3 Å². The quantitative estimate of drug-likeness (QED) is 0.728. The molecule has 7 nitrogen and oxygen atoms in total. The average Bonchev–Trinajstić information content (AvgIpc) is 3.51. The maximum absolute atomic E-state index is 12.9. The van der Waals surface area contributed by atoms with Gasteiger partial charge < -0.3 is 20.3 Å². The normalized spacial score (nSPS) is 17.6. The lowest BCUT2D eigenvalue weighted by atomic mass is 10.0. The van der Waals surface area contributed by atoms with E-state index in [0.29, 0.717) is 11.1 Å². The van der Waals surface area contributed by atoms with E-state index in [4.69, 9.17) is 0 Å². The van der Waals surface area contributed by atoms with Crippen molar-refractivity contribution in [2.75, 3.05) is 11.9 Å². The number of para-hydroxylation sites is 2. The van der Waals surface area contributed by atoms with E-state index >= 15 is 0 Å². The number of halogens is 2. The van der Waals surface area contributed by atoms with E-state index in [1.165, 1.54) is 18.2 Å². The molecule has 0 aromatic heterocycles. The van der Waals surface area contributed by atoms with Gasteiger partial charge in [-0.25, -0.2) is 0 Å². The molecule has 0 saturated heterocycles. The maximum atomic E-state index is 12.9. The Balaban J connectivity index is 1.42. The molecular formula is C21H19F2N3O4. The van der Waals surface area contributed by atoms with Crippen LogP contribution in [-0.4, -0.2) is 41.8 Å². The van der Waals surface area contributed by atoms with E-state index < -0.39 is 24.5 Å². The second kappa shape index (κ2) is 8.10. The highest BCUT2D eigenvalue weighted by Crippen LogP contribution is 2.41. The third-order valence-corrected chi connectivity index (χ3v) is 4.99. The lowest BCUT2D eigenvalue weighted by Gasteiger charge is -2.24. The first-order valence-corrected chi connectivity index (χ1v) is 9.48. The van der Waals surface area contributed by atoms with E-state index in [2.05, 4.69) is 15.4 Å². The summed E-state index contributed by atoms with van der Waals surface area (Å²) in [6.07, 6.45) is 1.68. The molecule has 2 aromatic carbocycles. The largest absolute Gasteiger partial charge is 0.433 e. The first kappa shape index (κ1) is 19.8. The Morgan fingerprint density at radius 1 is 1.10 bits per heavy atom. The number of carbonyl (C=O) groups is 3. The van der Waals surface area contributed by atoms with Crippen LogP contribution in [0.25, 0.3) is 0 Å². The summed E-state index contributed by atoms with van der Waals surface area (Å²) in [7, 11) is 0. The molecular weight excluding hydrogens is 396 g/mol. The van der Waals surface area contributed by atoms with Crippen LogP contribution in [0.3, 0.4) is 0 Å². The molecule has 0 spiro atoms. The number of anilines is 1. The van der Waals surface area contributed by atoms with Gasteiger partial charge >= 0.3 is 6.61 Å². The Hall–Kier alpha value is -3.49. The highest BCUT2D eigenvalue weighted by atomic mass is 19.3. The third kappa shape index (κ3) is 3.96. The van der Waals surface area contributed by atoms with Crippen LogP contribution < -0.4 is 15.4 Å². The summed E-state index contributed by atoms with van der Waals surface area (Å²) in [6, 6.07) is 11.9. The van der Waals surface area contributed by atoms with Crippen molar-refractivity contribution in [2.45, 2.75) is 31.5 Å². The molecule has 1 unspecified atom stereocenters. The van der Waals surface area contributed by atoms with Crippen LogP contribution in [0, 0.1) is 0 Å². The van der Waals surface area contributed by atoms with Crippen molar-refractivity contribution in [2.24, 2.45) is 0 Å². The zero-order valence-corrected chi connectivity index (χ0v) is 15.8. The van der Waals surface area contributed by atoms with Crippen LogP contribution in [0.5, 0.6) is 5.75 Å². The van der Waals surface area contributed by atoms with Crippen LogP contribution in [0.4, 0.5) is 14.5 Å².